The van der Waals surface area contributed by atoms with Crippen LogP contribution in [0.1, 0.15) is 23.2 Å². The van der Waals surface area contributed by atoms with Crippen LogP contribution in [0.5, 0.6) is 5.75 Å². The molecule has 0 aromatic heterocycles. The van der Waals surface area contributed by atoms with Gasteiger partial charge >= 0.3 is 0 Å². The molecular formula is C17H17FINO2. The molecule has 0 aliphatic heterocycles. The molecule has 2 rings (SSSR count). The monoisotopic (exact) mass is 413 g/mol. The summed E-state index contributed by atoms with van der Waals surface area (Å²) in [6.45, 7) is 1.16. The predicted molar refractivity (Wildman–Crippen MR) is 92.6 cm³/mol. The van der Waals surface area contributed by atoms with Gasteiger partial charge in [-0.25, -0.2) is 4.39 Å². The summed E-state index contributed by atoms with van der Waals surface area (Å²) in [6, 6.07) is 13.4. The van der Waals surface area contributed by atoms with Crippen molar-refractivity contribution in [3.05, 3.63) is 63.5 Å². The van der Waals surface area contributed by atoms with Crippen molar-refractivity contribution in [2.75, 3.05) is 13.2 Å². The molecule has 0 heterocycles. The summed E-state index contributed by atoms with van der Waals surface area (Å²) in [5, 5.41) is 2.88. The van der Waals surface area contributed by atoms with Gasteiger partial charge < -0.3 is 10.1 Å². The van der Waals surface area contributed by atoms with Crippen LogP contribution in [0.15, 0.2) is 48.5 Å². The summed E-state index contributed by atoms with van der Waals surface area (Å²) >= 11 is 2.20. The summed E-state index contributed by atoms with van der Waals surface area (Å²) in [6.07, 6.45) is 1.65. The second kappa shape index (κ2) is 8.73. The molecule has 0 aliphatic rings. The van der Waals surface area contributed by atoms with E-state index in [0.29, 0.717) is 24.5 Å². The molecule has 1 amide bonds. The molecule has 116 valence electrons. The third-order valence-electron chi connectivity index (χ3n) is 3.05. The number of rotatable bonds is 7. The van der Waals surface area contributed by atoms with Gasteiger partial charge in [0, 0.05) is 15.7 Å². The van der Waals surface area contributed by atoms with Crippen LogP contribution in [0, 0.1) is 9.39 Å². The molecule has 0 unspecified atom stereocenters. The third kappa shape index (κ3) is 5.63. The van der Waals surface area contributed by atoms with Gasteiger partial charge in [-0.3, -0.25) is 4.79 Å². The topological polar surface area (TPSA) is 38.3 Å². The first-order valence-corrected chi connectivity index (χ1v) is 8.15. The molecule has 5 heteroatoms. The number of hydrogen-bond donors (Lipinski definition) is 1. The fraction of sp³-hybridized carbons (Fsp3) is 0.235. The van der Waals surface area contributed by atoms with E-state index in [-0.39, 0.29) is 11.7 Å². The Bertz CT molecular complexity index is 599. The highest BCUT2D eigenvalue weighted by Crippen LogP contribution is 2.11. The van der Waals surface area contributed by atoms with Crippen LogP contribution >= 0.6 is 22.6 Å². The van der Waals surface area contributed by atoms with Gasteiger partial charge in [0.2, 0.25) is 0 Å². The van der Waals surface area contributed by atoms with Gasteiger partial charge in [0.25, 0.3) is 5.91 Å². The van der Waals surface area contributed by atoms with E-state index in [2.05, 4.69) is 27.9 Å². The van der Waals surface area contributed by atoms with Crippen molar-refractivity contribution in [3.8, 4) is 5.75 Å². The number of ether oxygens (including phenoxy) is 1. The minimum absolute atomic E-state index is 0.0594. The van der Waals surface area contributed by atoms with Crippen molar-refractivity contribution in [3.63, 3.8) is 0 Å². The SMILES string of the molecule is O=C(NCCCCOc1ccc(F)cc1)c1ccc(I)cc1. The van der Waals surface area contributed by atoms with Gasteiger partial charge in [0.15, 0.2) is 0 Å². The number of carbonyl (C=O) groups excluding carboxylic acids is 1. The Balaban J connectivity index is 1.60. The highest BCUT2D eigenvalue weighted by atomic mass is 127. The molecule has 2 aromatic carbocycles. The first-order chi connectivity index (χ1) is 10.6. The standard InChI is InChI=1S/C17H17FINO2/c18-14-5-9-16(10-6-14)22-12-2-1-11-20-17(21)13-3-7-15(19)8-4-13/h3-10H,1-2,11-12H2,(H,20,21). The molecule has 0 aliphatic carbocycles. The minimum atomic E-state index is -0.273. The largest absolute Gasteiger partial charge is 0.494 e. The number of unbranched alkanes of at least 4 members (excludes halogenated alkanes) is 1. The van der Waals surface area contributed by atoms with Crippen molar-refractivity contribution < 1.29 is 13.9 Å². The van der Waals surface area contributed by atoms with E-state index in [1.807, 2.05) is 24.3 Å². The molecule has 22 heavy (non-hydrogen) atoms. The van der Waals surface area contributed by atoms with E-state index in [0.717, 1.165) is 16.4 Å². The van der Waals surface area contributed by atoms with Crippen molar-refractivity contribution in [1.82, 2.24) is 5.32 Å². The van der Waals surface area contributed by atoms with Gasteiger partial charge in [0.1, 0.15) is 11.6 Å². The van der Waals surface area contributed by atoms with Crippen molar-refractivity contribution in [2.45, 2.75) is 12.8 Å². The van der Waals surface area contributed by atoms with Gasteiger partial charge in [0.05, 0.1) is 6.61 Å². The van der Waals surface area contributed by atoms with E-state index in [1.54, 1.807) is 12.1 Å². The fourth-order valence-corrected chi connectivity index (χ4v) is 2.21. The third-order valence-corrected chi connectivity index (χ3v) is 3.76. The first-order valence-electron chi connectivity index (χ1n) is 7.07. The fourth-order valence-electron chi connectivity index (χ4n) is 1.85. The molecule has 0 atom stereocenters. The number of nitrogens with one attached hydrogen (secondary N) is 1. The molecule has 3 nitrogen and oxygen atoms in total. The molecule has 0 saturated heterocycles. The zero-order valence-electron chi connectivity index (χ0n) is 12.0. The summed E-state index contributed by atoms with van der Waals surface area (Å²) in [5.74, 6) is 0.325. The lowest BCUT2D eigenvalue weighted by Gasteiger charge is -2.07. The molecule has 0 bridgehead atoms. The van der Waals surface area contributed by atoms with Crippen LogP contribution < -0.4 is 10.1 Å². The lowest BCUT2D eigenvalue weighted by molar-refractivity contribution is 0.0952. The van der Waals surface area contributed by atoms with Crippen LogP contribution in [0.2, 0.25) is 0 Å². The van der Waals surface area contributed by atoms with Gasteiger partial charge in [-0.05, 0) is 84.0 Å². The number of amides is 1. The average molecular weight is 413 g/mol. The van der Waals surface area contributed by atoms with Crippen LogP contribution in [-0.2, 0) is 0 Å². The van der Waals surface area contributed by atoms with E-state index in [4.69, 9.17) is 4.74 Å². The maximum atomic E-state index is 12.7. The number of benzene rings is 2. The van der Waals surface area contributed by atoms with Crippen molar-refractivity contribution >= 4 is 28.5 Å². The Labute approximate surface area is 143 Å². The summed E-state index contributed by atoms with van der Waals surface area (Å²) < 4.78 is 19.3. The quantitative estimate of drug-likeness (QED) is 0.550. The predicted octanol–water partition coefficient (Wildman–Crippen LogP) is 4.02. The van der Waals surface area contributed by atoms with Gasteiger partial charge in [-0.1, -0.05) is 0 Å². The van der Waals surface area contributed by atoms with Crippen molar-refractivity contribution in [1.29, 1.82) is 0 Å². The molecule has 2 aromatic rings. The van der Waals surface area contributed by atoms with E-state index in [1.165, 1.54) is 12.1 Å². The molecule has 0 spiro atoms. The van der Waals surface area contributed by atoms with Gasteiger partial charge in [-0.2, -0.15) is 0 Å². The highest BCUT2D eigenvalue weighted by Gasteiger charge is 2.03. The molecule has 0 saturated carbocycles. The zero-order valence-corrected chi connectivity index (χ0v) is 14.2. The Morgan fingerprint density at radius 2 is 1.73 bits per heavy atom. The smallest absolute Gasteiger partial charge is 0.251 e. The molecule has 0 fully saturated rings. The maximum Gasteiger partial charge on any atom is 0.251 e. The summed E-state index contributed by atoms with van der Waals surface area (Å²) in [4.78, 5) is 11.9. The summed E-state index contributed by atoms with van der Waals surface area (Å²) in [7, 11) is 0. The second-order valence-electron chi connectivity index (χ2n) is 4.77. The van der Waals surface area contributed by atoms with Crippen LogP contribution in [0.25, 0.3) is 0 Å². The zero-order chi connectivity index (χ0) is 15.8. The van der Waals surface area contributed by atoms with Gasteiger partial charge in [-0.15, -0.1) is 0 Å². The Morgan fingerprint density at radius 1 is 1.05 bits per heavy atom. The molecular weight excluding hydrogens is 396 g/mol. The molecule has 1 N–H and O–H groups in total. The van der Waals surface area contributed by atoms with E-state index < -0.39 is 0 Å². The Kier molecular flexibility index (Phi) is 6.64. The number of halogens is 2. The Morgan fingerprint density at radius 3 is 2.41 bits per heavy atom. The molecule has 0 radical (unpaired) electrons. The minimum Gasteiger partial charge on any atom is -0.494 e. The number of carbonyl (C=O) groups is 1. The van der Waals surface area contributed by atoms with Crippen LogP contribution in [0.3, 0.4) is 0 Å². The average Bonchev–Trinajstić information content (AvgIpc) is 2.53. The highest BCUT2D eigenvalue weighted by molar-refractivity contribution is 14.1. The van der Waals surface area contributed by atoms with Crippen LogP contribution in [-0.4, -0.2) is 19.1 Å². The lowest BCUT2D eigenvalue weighted by Crippen LogP contribution is -2.24. The maximum absolute atomic E-state index is 12.7. The number of hydrogen-bond acceptors (Lipinski definition) is 2. The normalized spacial score (nSPS) is 10.3. The van der Waals surface area contributed by atoms with E-state index >= 15 is 0 Å². The van der Waals surface area contributed by atoms with E-state index in [9.17, 15) is 9.18 Å². The van der Waals surface area contributed by atoms with Crippen molar-refractivity contribution in [2.24, 2.45) is 0 Å². The Hall–Kier alpha value is -1.63. The first kappa shape index (κ1) is 16.7. The summed E-state index contributed by atoms with van der Waals surface area (Å²) in [5.41, 5.74) is 0.669. The van der Waals surface area contributed by atoms with Crippen LogP contribution in [0.4, 0.5) is 4.39 Å². The second-order valence-corrected chi connectivity index (χ2v) is 6.02. The lowest BCUT2D eigenvalue weighted by atomic mass is 10.2.